The average Bonchev–Trinajstić information content (AvgIpc) is 2.85. The summed E-state index contributed by atoms with van der Waals surface area (Å²) in [6.07, 6.45) is 7.95. The predicted molar refractivity (Wildman–Crippen MR) is 164 cm³/mol. The Kier molecular flexibility index (Phi) is 11.0. The number of nitrogens with one attached hydrogen (secondary N) is 3. The van der Waals surface area contributed by atoms with Gasteiger partial charge in [0, 0.05) is 35.9 Å². The Hall–Kier alpha value is -3.71. The van der Waals surface area contributed by atoms with E-state index in [1.807, 2.05) is 0 Å². The van der Waals surface area contributed by atoms with E-state index in [0.29, 0.717) is 38.0 Å². The number of isocyanates is 1. The number of aliphatic imine (C=N–C) groups is 2. The smallest absolute Gasteiger partial charge is 0.407 e. The Morgan fingerprint density at radius 3 is 2.23 bits per heavy atom. The first-order chi connectivity index (χ1) is 20.5. The molecule has 0 aromatic rings. The zero-order chi connectivity index (χ0) is 32.8. The lowest BCUT2D eigenvalue weighted by Crippen LogP contribution is -2.48. The number of alkyl carbamates (subject to hydrolysis) is 1. The number of amidine groups is 1. The SMILES string of the molecule is CC1=C(CCOC(=O)NC2CC(C)(C)CC(C)(COC#N)C2)C(=O)NC(=NC(=O)NC2CC(C)(C)CC(C)(CN=C=O)C2)C1. The van der Waals surface area contributed by atoms with Crippen molar-refractivity contribution < 1.29 is 28.7 Å². The van der Waals surface area contributed by atoms with Gasteiger partial charge in [0.05, 0.1) is 13.2 Å². The Bertz CT molecular complexity index is 1280. The molecule has 242 valence electrons. The Morgan fingerprint density at radius 2 is 1.61 bits per heavy atom. The fourth-order valence-electron chi connectivity index (χ4n) is 8.11. The number of carbonyl (C=O) groups is 3. The number of carbonyl (C=O) groups excluding carboxylic acids is 4. The summed E-state index contributed by atoms with van der Waals surface area (Å²) in [5.41, 5.74) is 0.678. The van der Waals surface area contributed by atoms with Gasteiger partial charge in [-0.15, -0.1) is 0 Å². The second kappa shape index (κ2) is 13.9. The summed E-state index contributed by atoms with van der Waals surface area (Å²) in [4.78, 5) is 56.9. The van der Waals surface area contributed by atoms with Crippen LogP contribution in [0, 0.1) is 33.2 Å². The summed E-state index contributed by atoms with van der Waals surface area (Å²) in [6.45, 7) is 15.1. The van der Waals surface area contributed by atoms with Crippen molar-refractivity contribution in [2.45, 2.75) is 112 Å². The van der Waals surface area contributed by atoms with Gasteiger partial charge < -0.3 is 25.4 Å². The number of nitrogens with zero attached hydrogens (tertiary/aromatic N) is 3. The van der Waals surface area contributed by atoms with E-state index in [4.69, 9.17) is 14.7 Å². The van der Waals surface area contributed by atoms with Gasteiger partial charge in [0.1, 0.15) is 12.4 Å². The Labute approximate surface area is 260 Å². The van der Waals surface area contributed by atoms with Crippen LogP contribution in [0.1, 0.15) is 99.8 Å². The molecule has 0 saturated heterocycles. The number of hydrogen-bond acceptors (Lipinski definition) is 8. The van der Waals surface area contributed by atoms with Gasteiger partial charge in [-0.05, 0) is 61.7 Å². The third kappa shape index (κ3) is 10.2. The molecule has 12 nitrogen and oxygen atoms in total. The highest BCUT2D eigenvalue weighted by Crippen LogP contribution is 2.47. The topological polar surface area (TPSA) is 171 Å². The number of rotatable bonds is 9. The highest BCUT2D eigenvalue weighted by atomic mass is 16.5. The molecular weight excluding hydrogens is 564 g/mol. The van der Waals surface area contributed by atoms with E-state index in [2.05, 4.69) is 67.5 Å². The number of hydrogen-bond donors (Lipinski definition) is 3. The van der Waals surface area contributed by atoms with Crippen LogP contribution in [0.5, 0.6) is 0 Å². The molecule has 0 bridgehead atoms. The molecule has 1 heterocycles. The maximum atomic E-state index is 12.9. The molecule has 44 heavy (non-hydrogen) atoms. The third-order valence-electron chi connectivity index (χ3n) is 8.85. The molecule has 1 aliphatic heterocycles. The quantitative estimate of drug-likeness (QED) is 0.186. The minimum absolute atomic E-state index is 0.0220. The maximum Gasteiger partial charge on any atom is 0.407 e. The summed E-state index contributed by atoms with van der Waals surface area (Å²) in [5, 5.41) is 17.5. The summed E-state index contributed by atoms with van der Waals surface area (Å²) in [7, 11) is 0. The van der Waals surface area contributed by atoms with Gasteiger partial charge in [0.15, 0.2) is 0 Å². The van der Waals surface area contributed by atoms with Crippen LogP contribution in [-0.2, 0) is 19.1 Å². The van der Waals surface area contributed by atoms with Crippen molar-refractivity contribution in [3.05, 3.63) is 11.1 Å². The van der Waals surface area contributed by atoms with Crippen molar-refractivity contribution in [2.24, 2.45) is 31.6 Å². The van der Waals surface area contributed by atoms with Gasteiger partial charge >= 0.3 is 12.1 Å². The van der Waals surface area contributed by atoms with Gasteiger partial charge in [0.2, 0.25) is 6.08 Å². The van der Waals surface area contributed by atoms with Crippen LogP contribution in [0.2, 0.25) is 0 Å². The zero-order valence-electron chi connectivity index (χ0n) is 27.2. The number of nitriles is 1. The van der Waals surface area contributed by atoms with Crippen molar-refractivity contribution in [1.82, 2.24) is 16.0 Å². The number of ether oxygens (including phenoxy) is 2. The van der Waals surface area contributed by atoms with E-state index in [-0.39, 0.29) is 58.5 Å². The van der Waals surface area contributed by atoms with Crippen LogP contribution in [0.4, 0.5) is 9.59 Å². The highest BCUT2D eigenvalue weighted by Gasteiger charge is 2.43. The first-order valence-corrected chi connectivity index (χ1v) is 15.3. The van der Waals surface area contributed by atoms with E-state index in [1.54, 1.807) is 19.3 Å². The molecule has 4 atom stereocenters. The molecule has 0 aromatic carbocycles. The highest BCUT2D eigenvalue weighted by molar-refractivity contribution is 6.12. The van der Waals surface area contributed by atoms with Crippen LogP contribution in [0.25, 0.3) is 0 Å². The lowest BCUT2D eigenvalue weighted by atomic mass is 9.62. The molecular formula is C32H48N6O6. The van der Waals surface area contributed by atoms with Crippen molar-refractivity contribution >= 4 is 29.9 Å². The first-order valence-electron chi connectivity index (χ1n) is 15.3. The van der Waals surface area contributed by atoms with Crippen LogP contribution in [-0.4, -0.2) is 61.8 Å². The molecule has 4 amide bonds. The van der Waals surface area contributed by atoms with Gasteiger partial charge in [-0.3, -0.25) is 4.79 Å². The fraction of sp³-hybridized carbons (Fsp3) is 0.750. The lowest BCUT2D eigenvalue weighted by molar-refractivity contribution is -0.116. The number of urea groups is 1. The average molecular weight is 613 g/mol. The van der Waals surface area contributed by atoms with Crippen LogP contribution in [0.3, 0.4) is 0 Å². The minimum atomic E-state index is -0.551. The van der Waals surface area contributed by atoms with Crippen molar-refractivity contribution in [2.75, 3.05) is 19.8 Å². The molecule has 0 radical (unpaired) electrons. The summed E-state index contributed by atoms with van der Waals surface area (Å²) >= 11 is 0. The first kappa shape index (κ1) is 34.8. The van der Waals surface area contributed by atoms with Gasteiger partial charge in [-0.25, -0.2) is 19.4 Å². The van der Waals surface area contributed by atoms with Crippen LogP contribution < -0.4 is 16.0 Å². The summed E-state index contributed by atoms with van der Waals surface area (Å²) < 4.78 is 10.5. The largest absolute Gasteiger partial charge is 0.449 e. The minimum Gasteiger partial charge on any atom is -0.449 e. The second-order valence-corrected chi connectivity index (χ2v) is 15.2. The van der Waals surface area contributed by atoms with Crippen molar-refractivity contribution in [1.29, 1.82) is 5.26 Å². The molecule has 2 aliphatic carbocycles. The number of amides is 4. The summed E-state index contributed by atoms with van der Waals surface area (Å²) in [6, 6.07) is -0.793. The molecule has 0 spiro atoms. The zero-order valence-corrected chi connectivity index (χ0v) is 27.2. The normalized spacial score (nSPS) is 30.3. The van der Waals surface area contributed by atoms with Gasteiger partial charge in [0.25, 0.3) is 12.2 Å². The van der Waals surface area contributed by atoms with E-state index in [0.717, 1.165) is 31.3 Å². The molecule has 3 rings (SSSR count). The van der Waals surface area contributed by atoms with Crippen LogP contribution >= 0.6 is 0 Å². The molecule has 0 aromatic heterocycles. The van der Waals surface area contributed by atoms with E-state index < -0.39 is 12.1 Å². The molecule has 3 aliphatic rings. The molecule has 2 fully saturated rings. The maximum absolute atomic E-state index is 12.9. The van der Waals surface area contributed by atoms with Crippen molar-refractivity contribution in [3.8, 4) is 6.26 Å². The lowest BCUT2D eigenvalue weighted by Gasteiger charge is -2.45. The Balaban J connectivity index is 1.52. The third-order valence-corrected chi connectivity index (χ3v) is 8.85. The Morgan fingerprint density at radius 1 is 1.00 bits per heavy atom. The fourth-order valence-corrected chi connectivity index (χ4v) is 8.11. The summed E-state index contributed by atoms with van der Waals surface area (Å²) in [5.74, 6) is -0.108. The molecule has 3 N–H and O–H groups in total. The predicted octanol–water partition coefficient (Wildman–Crippen LogP) is 5.05. The standard InChI is InChI=1S/C32H48N6O6/c1-21-10-25(38-27(41)35-22-11-29(2,3)15-31(6,13-22)17-34-20-39)37-26(40)24(21)8-9-44-28(42)36-23-12-30(4,5)16-32(7,14-23)18-43-19-33/h22-23H,8-18H2,1-7H3,(H,36,42)(H2,35,37,38,40,41). The van der Waals surface area contributed by atoms with E-state index in [1.165, 1.54) is 0 Å². The van der Waals surface area contributed by atoms with E-state index in [9.17, 15) is 19.2 Å². The molecule has 2 saturated carbocycles. The van der Waals surface area contributed by atoms with Crippen LogP contribution in [0.15, 0.2) is 21.1 Å². The van der Waals surface area contributed by atoms with E-state index >= 15 is 0 Å². The monoisotopic (exact) mass is 612 g/mol. The van der Waals surface area contributed by atoms with Gasteiger partial charge in [-0.1, -0.05) is 47.1 Å². The molecule has 4 unspecified atom stereocenters. The molecule has 12 heteroatoms. The van der Waals surface area contributed by atoms with Gasteiger partial charge in [-0.2, -0.15) is 10.3 Å². The van der Waals surface area contributed by atoms with Crippen molar-refractivity contribution in [3.63, 3.8) is 0 Å². The second-order valence-electron chi connectivity index (χ2n) is 15.2.